The summed E-state index contributed by atoms with van der Waals surface area (Å²) in [7, 11) is 1.59. The highest BCUT2D eigenvalue weighted by Crippen LogP contribution is 2.25. The Hall–Kier alpha value is -2.59. The summed E-state index contributed by atoms with van der Waals surface area (Å²) in [6, 6.07) is 11.1. The molecule has 0 spiro atoms. The SMILES string of the molecule is CCC(=C=CC[C@@H](O)c1ccc(O)c(F)c1)C[C@@H](O)c1ccc(OC)cc1. The van der Waals surface area contributed by atoms with Gasteiger partial charge in [0.25, 0.3) is 0 Å². The molecule has 2 rings (SSSR count). The number of halogens is 1. The van der Waals surface area contributed by atoms with Crippen molar-refractivity contribution in [1.82, 2.24) is 0 Å². The number of hydrogen-bond acceptors (Lipinski definition) is 4. The third kappa shape index (κ3) is 5.97. The van der Waals surface area contributed by atoms with Gasteiger partial charge in [0.15, 0.2) is 11.6 Å². The number of ether oxygens (including phenoxy) is 1. The summed E-state index contributed by atoms with van der Waals surface area (Å²) in [6.45, 7) is 1.97. The summed E-state index contributed by atoms with van der Waals surface area (Å²) in [5, 5.41) is 29.7. The molecule has 0 saturated carbocycles. The Balaban J connectivity index is 2.01. The second-order valence-electron chi connectivity index (χ2n) is 6.26. The minimum absolute atomic E-state index is 0.256. The second kappa shape index (κ2) is 9.93. The topological polar surface area (TPSA) is 69.9 Å². The molecule has 0 radical (unpaired) electrons. The highest BCUT2D eigenvalue weighted by molar-refractivity contribution is 5.30. The van der Waals surface area contributed by atoms with Gasteiger partial charge in [-0.2, -0.15) is 0 Å². The zero-order valence-electron chi connectivity index (χ0n) is 15.5. The smallest absolute Gasteiger partial charge is 0.165 e. The van der Waals surface area contributed by atoms with E-state index in [9.17, 15) is 19.7 Å². The maximum atomic E-state index is 13.4. The van der Waals surface area contributed by atoms with Gasteiger partial charge < -0.3 is 20.1 Å². The van der Waals surface area contributed by atoms with Gasteiger partial charge in [0.2, 0.25) is 0 Å². The monoisotopic (exact) mass is 372 g/mol. The van der Waals surface area contributed by atoms with Crippen LogP contribution in [0.3, 0.4) is 0 Å². The van der Waals surface area contributed by atoms with Gasteiger partial charge in [-0.25, -0.2) is 4.39 Å². The van der Waals surface area contributed by atoms with Crippen LogP contribution in [0.5, 0.6) is 11.5 Å². The summed E-state index contributed by atoms with van der Waals surface area (Å²) in [6.07, 6.45) is 1.55. The van der Waals surface area contributed by atoms with Crippen LogP contribution in [-0.2, 0) is 0 Å². The lowest BCUT2D eigenvalue weighted by molar-refractivity contribution is 0.177. The number of hydrogen-bond donors (Lipinski definition) is 3. The molecule has 0 heterocycles. The van der Waals surface area contributed by atoms with Crippen molar-refractivity contribution in [3.05, 3.63) is 76.8 Å². The van der Waals surface area contributed by atoms with E-state index in [-0.39, 0.29) is 6.42 Å². The fourth-order valence-corrected chi connectivity index (χ4v) is 2.66. The third-order valence-corrected chi connectivity index (χ3v) is 4.37. The Bertz CT molecular complexity index is 808. The zero-order chi connectivity index (χ0) is 19.8. The van der Waals surface area contributed by atoms with Crippen molar-refractivity contribution in [2.24, 2.45) is 0 Å². The van der Waals surface area contributed by atoms with Gasteiger partial charge in [0.1, 0.15) is 5.75 Å². The Kier molecular flexibility index (Phi) is 7.62. The van der Waals surface area contributed by atoms with Gasteiger partial charge in [0.05, 0.1) is 19.3 Å². The Morgan fingerprint density at radius 3 is 2.37 bits per heavy atom. The average Bonchev–Trinajstić information content (AvgIpc) is 2.69. The van der Waals surface area contributed by atoms with Crippen molar-refractivity contribution >= 4 is 0 Å². The molecule has 2 aromatic carbocycles. The van der Waals surface area contributed by atoms with Crippen LogP contribution in [-0.4, -0.2) is 22.4 Å². The molecule has 0 saturated heterocycles. The number of phenols is 1. The van der Waals surface area contributed by atoms with E-state index in [1.54, 1.807) is 25.3 Å². The van der Waals surface area contributed by atoms with Crippen LogP contribution in [0.25, 0.3) is 0 Å². The molecule has 0 bridgehead atoms. The van der Waals surface area contributed by atoms with E-state index in [0.29, 0.717) is 18.4 Å². The van der Waals surface area contributed by atoms with Gasteiger partial charge in [-0.1, -0.05) is 25.1 Å². The number of aliphatic hydroxyl groups excluding tert-OH is 2. The van der Waals surface area contributed by atoms with Crippen molar-refractivity contribution in [2.45, 2.75) is 38.4 Å². The van der Waals surface area contributed by atoms with E-state index in [0.717, 1.165) is 23.0 Å². The molecule has 0 fully saturated rings. The first-order valence-electron chi connectivity index (χ1n) is 8.86. The van der Waals surface area contributed by atoms with Crippen molar-refractivity contribution in [1.29, 1.82) is 0 Å². The molecule has 5 heteroatoms. The molecular weight excluding hydrogens is 347 g/mol. The van der Waals surface area contributed by atoms with Crippen molar-refractivity contribution in [3.8, 4) is 11.5 Å². The van der Waals surface area contributed by atoms with Gasteiger partial charge in [-0.3, -0.25) is 0 Å². The Morgan fingerprint density at radius 2 is 1.78 bits per heavy atom. The van der Waals surface area contributed by atoms with Crippen LogP contribution in [0.1, 0.15) is 49.5 Å². The minimum atomic E-state index is -0.891. The molecule has 4 nitrogen and oxygen atoms in total. The summed E-state index contributed by atoms with van der Waals surface area (Å²) in [4.78, 5) is 0. The fraction of sp³-hybridized carbons (Fsp3) is 0.318. The summed E-state index contributed by atoms with van der Waals surface area (Å²) >= 11 is 0. The fourth-order valence-electron chi connectivity index (χ4n) is 2.66. The summed E-state index contributed by atoms with van der Waals surface area (Å²) < 4.78 is 18.5. The number of rotatable bonds is 8. The van der Waals surface area contributed by atoms with E-state index in [2.05, 4.69) is 5.73 Å². The molecule has 27 heavy (non-hydrogen) atoms. The quantitative estimate of drug-likeness (QED) is 0.593. The number of phenolic OH excluding ortho intramolecular Hbond substituents is 1. The molecule has 0 aromatic heterocycles. The predicted octanol–water partition coefficient (Wildman–Crippen LogP) is 4.58. The largest absolute Gasteiger partial charge is 0.505 e. The minimum Gasteiger partial charge on any atom is -0.505 e. The summed E-state index contributed by atoms with van der Waals surface area (Å²) in [5.41, 5.74) is 5.23. The maximum absolute atomic E-state index is 13.4. The Morgan fingerprint density at radius 1 is 1.11 bits per heavy atom. The second-order valence-corrected chi connectivity index (χ2v) is 6.26. The van der Waals surface area contributed by atoms with Crippen LogP contribution < -0.4 is 4.74 Å². The lowest BCUT2D eigenvalue weighted by Crippen LogP contribution is -1.99. The summed E-state index contributed by atoms with van der Waals surface area (Å²) in [5.74, 6) is -0.470. The van der Waals surface area contributed by atoms with Crippen molar-refractivity contribution in [3.63, 3.8) is 0 Å². The maximum Gasteiger partial charge on any atom is 0.165 e. The van der Waals surface area contributed by atoms with Crippen molar-refractivity contribution in [2.75, 3.05) is 7.11 Å². The lowest BCUT2D eigenvalue weighted by Gasteiger charge is -2.12. The number of aliphatic hydroxyl groups is 2. The first-order chi connectivity index (χ1) is 12.9. The highest BCUT2D eigenvalue weighted by atomic mass is 19.1. The predicted molar refractivity (Wildman–Crippen MR) is 102 cm³/mol. The van der Waals surface area contributed by atoms with Crippen LogP contribution in [0, 0.1) is 5.82 Å². The van der Waals surface area contributed by atoms with Crippen molar-refractivity contribution < 1.29 is 24.4 Å². The molecule has 0 unspecified atom stereocenters. The molecule has 0 aliphatic carbocycles. The van der Waals surface area contributed by atoms with Gasteiger partial charge in [-0.15, -0.1) is 5.73 Å². The number of aromatic hydroxyl groups is 1. The number of benzene rings is 2. The molecule has 0 amide bonds. The van der Waals surface area contributed by atoms with Crippen LogP contribution >= 0.6 is 0 Å². The first kappa shape index (κ1) is 20.7. The van der Waals surface area contributed by atoms with E-state index < -0.39 is 23.8 Å². The van der Waals surface area contributed by atoms with Gasteiger partial charge >= 0.3 is 0 Å². The van der Waals surface area contributed by atoms with Gasteiger partial charge in [-0.05, 0) is 53.5 Å². The molecule has 2 atom stereocenters. The molecule has 0 aliphatic rings. The molecular formula is C22H25FO4. The Labute approximate surface area is 158 Å². The molecule has 0 aliphatic heterocycles. The molecule has 3 N–H and O–H groups in total. The number of methoxy groups -OCH3 is 1. The van der Waals surface area contributed by atoms with E-state index in [1.807, 2.05) is 19.1 Å². The van der Waals surface area contributed by atoms with E-state index >= 15 is 0 Å². The van der Waals surface area contributed by atoms with E-state index in [1.165, 1.54) is 12.1 Å². The van der Waals surface area contributed by atoms with E-state index in [4.69, 9.17) is 4.74 Å². The molecule has 2 aromatic rings. The van der Waals surface area contributed by atoms with Gasteiger partial charge in [0, 0.05) is 12.8 Å². The standard InChI is InChI=1S/C22H25FO4/c1-3-15(13-22(26)16-7-10-18(27-2)11-8-16)5-4-6-20(24)17-9-12-21(25)19(23)14-17/h4,7-12,14,20,22,24-26H,3,6,13H2,1-2H3/t5?,20-,22-/m1/s1. The van der Waals surface area contributed by atoms with Crippen LogP contribution in [0.4, 0.5) is 4.39 Å². The first-order valence-corrected chi connectivity index (χ1v) is 8.86. The average molecular weight is 372 g/mol. The zero-order valence-corrected chi connectivity index (χ0v) is 15.5. The normalized spacial score (nSPS) is 12.8. The highest BCUT2D eigenvalue weighted by Gasteiger charge is 2.11. The lowest BCUT2D eigenvalue weighted by atomic mass is 10.00. The molecule has 144 valence electrons. The van der Waals surface area contributed by atoms with Crippen LogP contribution in [0.2, 0.25) is 0 Å². The van der Waals surface area contributed by atoms with Crippen LogP contribution in [0.15, 0.2) is 59.8 Å². The third-order valence-electron chi connectivity index (χ3n) is 4.37.